The molecule has 0 atom stereocenters. The summed E-state index contributed by atoms with van der Waals surface area (Å²) in [7, 11) is 1.66. The third-order valence-corrected chi connectivity index (χ3v) is 3.45. The van der Waals surface area contributed by atoms with Crippen molar-refractivity contribution in [2.24, 2.45) is 0 Å². The number of benzene rings is 1. The van der Waals surface area contributed by atoms with Gasteiger partial charge < -0.3 is 9.26 Å². The summed E-state index contributed by atoms with van der Waals surface area (Å²) in [5.41, 5.74) is 1.78. The van der Waals surface area contributed by atoms with Gasteiger partial charge in [0.05, 0.1) is 18.2 Å². The molecule has 0 radical (unpaired) electrons. The van der Waals surface area contributed by atoms with Gasteiger partial charge in [-0.05, 0) is 18.4 Å². The molecule has 0 unspecified atom stereocenters. The van der Waals surface area contributed by atoms with Gasteiger partial charge in [0.1, 0.15) is 0 Å². The lowest BCUT2D eigenvalue weighted by atomic mass is 10.3. The van der Waals surface area contributed by atoms with Gasteiger partial charge in [0, 0.05) is 6.07 Å². The van der Waals surface area contributed by atoms with E-state index < -0.39 is 0 Å². The van der Waals surface area contributed by atoms with Crippen LogP contribution in [0.2, 0.25) is 0 Å². The number of fused-ring (bicyclic) bond motifs is 1. The zero-order valence-electron chi connectivity index (χ0n) is 10.1. The van der Waals surface area contributed by atoms with Gasteiger partial charge in [0.2, 0.25) is 5.09 Å². The molecule has 1 aromatic carbocycles. The molecule has 0 spiro atoms. The summed E-state index contributed by atoms with van der Waals surface area (Å²) in [6.45, 7) is 0. The Labute approximate surface area is 109 Å². The van der Waals surface area contributed by atoms with E-state index in [0.717, 1.165) is 27.7 Å². The predicted octanol–water partition coefficient (Wildman–Crippen LogP) is 3.35. The van der Waals surface area contributed by atoms with E-state index in [0.29, 0.717) is 0 Å². The molecular formula is C13H12N2O2S. The highest BCUT2D eigenvalue weighted by atomic mass is 32.2. The fraction of sp³-hybridized carbons (Fsp3) is 0.154. The van der Waals surface area contributed by atoms with Crippen LogP contribution in [0.4, 0.5) is 0 Å². The SMILES string of the molecule is COc1cc2c(SC)onc2n1-c1ccccc1. The summed E-state index contributed by atoms with van der Waals surface area (Å²) in [5.74, 6) is 0.754. The summed E-state index contributed by atoms with van der Waals surface area (Å²) in [6, 6.07) is 11.9. The van der Waals surface area contributed by atoms with Crippen molar-refractivity contribution < 1.29 is 9.26 Å². The van der Waals surface area contributed by atoms with Crippen molar-refractivity contribution in [3.8, 4) is 11.6 Å². The smallest absolute Gasteiger partial charge is 0.202 e. The molecule has 2 heterocycles. The van der Waals surface area contributed by atoms with Gasteiger partial charge >= 0.3 is 0 Å². The minimum atomic E-state index is 0.754. The van der Waals surface area contributed by atoms with Crippen LogP contribution < -0.4 is 4.74 Å². The van der Waals surface area contributed by atoms with Crippen molar-refractivity contribution in [2.75, 3.05) is 13.4 Å². The van der Waals surface area contributed by atoms with Crippen LogP contribution in [-0.2, 0) is 0 Å². The van der Waals surface area contributed by atoms with Crippen LogP contribution >= 0.6 is 11.8 Å². The third-order valence-electron chi connectivity index (χ3n) is 2.78. The fourth-order valence-corrected chi connectivity index (χ4v) is 2.46. The molecule has 0 bridgehead atoms. The lowest BCUT2D eigenvalue weighted by Crippen LogP contribution is -1.97. The van der Waals surface area contributed by atoms with Crippen molar-refractivity contribution in [3.05, 3.63) is 36.4 Å². The molecule has 0 aliphatic carbocycles. The first kappa shape index (κ1) is 11.2. The van der Waals surface area contributed by atoms with E-state index in [1.54, 1.807) is 7.11 Å². The van der Waals surface area contributed by atoms with Gasteiger partial charge in [-0.15, -0.1) is 0 Å². The van der Waals surface area contributed by atoms with E-state index in [-0.39, 0.29) is 0 Å². The lowest BCUT2D eigenvalue weighted by Gasteiger charge is -2.07. The van der Waals surface area contributed by atoms with Gasteiger partial charge in [-0.3, -0.25) is 4.57 Å². The number of ether oxygens (including phenoxy) is 1. The van der Waals surface area contributed by atoms with E-state index in [2.05, 4.69) is 5.16 Å². The summed E-state index contributed by atoms with van der Waals surface area (Å²) < 4.78 is 12.7. The Morgan fingerprint density at radius 2 is 2.06 bits per heavy atom. The topological polar surface area (TPSA) is 40.2 Å². The maximum atomic E-state index is 5.41. The Balaban J connectivity index is 2.30. The number of hydrogen-bond acceptors (Lipinski definition) is 4. The second-order valence-corrected chi connectivity index (χ2v) is 4.55. The first-order valence-corrected chi connectivity index (χ1v) is 6.72. The number of nitrogens with zero attached hydrogens (tertiary/aromatic N) is 2. The average Bonchev–Trinajstić information content (AvgIpc) is 2.97. The minimum absolute atomic E-state index is 0.754. The first-order chi connectivity index (χ1) is 8.85. The zero-order valence-corrected chi connectivity index (χ0v) is 10.9. The van der Waals surface area contributed by atoms with Gasteiger partial charge in [-0.1, -0.05) is 35.1 Å². The van der Waals surface area contributed by atoms with Crippen LogP contribution in [0.25, 0.3) is 16.7 Å². The van der Waals surface area contributed by atoms with E-state index >= 15 is 0 Å². The van der Waals surface area contributed by atoms with Crippen molar-refractivity contribution in [2.45, 2.75) is 5.09 Å². The molecule has 3 rings (SSSR count). The Hall–Kier alpha value is -1.88. The van der Waals surface area contributed by atoms with Crippen LogP contribution in [-0.4, -0.2) is 23.1 Å². The summed E-state index contributed by atoms with van der Waals surface area (Å²) in [5, 5.41) is 5.90. The van der Waals surface area contributed by atoms with Crippen molar-refractivity contribution in [1.82, 2.24) is 9.72 Å². The van der Waals surface area contributed by atoms with E-state index in [1.807, 2.05) is 47.2 Å². The monoisotopic (exact) mass is 260 g/mol. The molecule has 2 aromatic heterocycles. The standard InChI is InChI=1S/C13H12N2O2S/c1-16-11-8-10-12(14-17-13(10)18-2)15(11)9-6-4-3-5-7-9/h3-8H,1-2H3. The zero-order chi connectivity index (χ0) is 12.5. The molecule has 92 valence electrons. The maximum absolute atomic E-state index is 5.41. The number of thioether (sulfide) groups is 1. The van der Waals surface area contributed by atoms with Crippen LogP contribution in [0, 0.1) is 0 Å². The Morgan fingerprint density at radius 3 is 2.72 bits per heavy atom. The van der Waals surface area contributed by atoms with Crippen molar-refractivity contribution >= 4 is 22.8 Å². The first-order valence-electron chi connectivity index (χ1n) is 5.49. The highest BCUT2D eigenvalue weighted by Gasteiger charge is 2.18. The molecule has 18 heavy (non-hydrogen) atoms. The summed E-state index contributed by atoms with van der Waals surface area (Å²) in [6.07, 6.45) is 1.96. The fourth-order valence-electron chi connectivity index (χ4n) is 1.98. The predicted molar refractivity (Wildman–Crippen MR) is 71.7 cm³/mol. The normalized spacial score (nSPS) is 11.0. The Kier molecular flexibility index (Phi) is 2.76. The highest BCUT2D eigenvalue weighted by Crippen LogP contribution is 2.34. The van der Waals surface area contributed by atoms with Gasteiger partial charge in [-0.2, -0.15) is 0 Å². The Morgan fingerprint density at radius 1 is 1.28 bits per heavy atom. The number of para-hydroxylation sites is 1. The van der Waals surface area contributed by atoms with Crippen molar-refractivity contribution in [1.29, 1.82) is 0 Å². The summed E-state index contributed by atoms with van der Waals surface area (Å²) in [4.78, 5) is 0. The second kappa shape index (κ2) is 4.42. The minimum Gasteiger partial charge on any atom is -0.482 e. The molecule has 4 nitrogen and oxygen atoms in total. The van der Waals surface area contributed by atoms with Crippen LogP contribution in [0.1, 0.15) is 0 Å². The molecule has 0 aliphatic rings. The quantitative estimate of drug-likeness (QED) is 0.677. The molecule has 3 aromatic rings. The third kappa shape index (κ3) is 1.59. The Bertz CT molecular complexity index is 673. The molecule has 5 heteroatoms. The van der Waals surface area contributed by atoms with Crippen LogP contribution in [0.5, 0.6) is 5.88 Å². The molecular weight excluding hydrogens is 248 g/mol. The molecule has 0 saturated heterocycles. The molecule has 0 fully saturated rings. The number of rotatable bonds is 3. The lowest BCUT2D eigenvalue weighted by molar-refractivity contribution is 0.351. The number of methoxy groups -OCH3 is 1. The largest absolute Gasteiger partial charge is 0.482 e. The summed E-state index contributed by atoms with van der Waals surface area (Å²) >= 11 is 1.53. The van der Waals surface area contributed by atoms with E-state index in [1.165, 1.54) is 11.8 Å². The van der Waals surface area contributed by atoms with Crippen molar-refractivity contribution in [3.63, 3.8) is 0 Å². The molecule has 0 N–H and O–H groups in total. The number of aromatic nitrogens is 2. The highest BCUT2D eigenvalue weighted by molar-refractivity contribution is 7.98. The van der Waals surface area contributed by atoms with Gasteiger partial charge in [0.25, 0.3) is 0 Å². The number of hydrogen-bond donors (Lipinski definition) is 0. The second-order valence-electron chi connectivity index (χ2n) is 3.77. The van der Waals surface area contributed by atoms with Crippen LogP contribution in [0.3, 0.4) is 0 Å². The van der Waals surface area contributed by atoms with E-state index in [4.69, 9.17) is 9.26 Å². The van der Waals surface area contributed by atoms with Gasteiger partial charge in [-0.25, -0.2) is 0 Å². The van der Waals surface area contributed by atoms with E-state index in [9.17, 15) is 0 Å². The van der Waals surface area contributed by atoms with Gasteiger partial charge in [0.15, 0.2) is 11.5 Å². The maximum Gasteiger partial charge on any atom is 0.202 e. The molecule has 0 amide bonds. The van der Waals surface area contributed by atoms with Crippen LogP contribution in [0.15, 0.2) is 46.0 Å². The molecule has 0 saturated carbocycles. The molecule has 0 aliphatic heterocycles. The average molecular weight is 260 g/mol.